The molecular formula is C24H15ClF4N4O4. The third-order valence-corrected chi connectivity index (χ3v) is 5.64. The molecule has 0 fully saturated rings. The Morgan fingerprint density at radius 1 is 1.14 bits per heavy atom. The number of nitrogens with two attached hydrogens (primary N) is 1. The Balaban J connectivity index is 1.98. The minimum absolute atomic E-state index is 0.0631. The van der Waals surface area contributed by atoms with Crippen molar-refractivity contribution in [3.05, 3.63) is 81.8 Å². The number of aromatic nitrogens is 3. The maximum absolute atomic E-state index is 15.0. The number of pyridine rings is 1. The summed E-state index contributed by atoms with van der Waals surface area (Å²) in [5, 5.41) is 3.60. The van der Waals surface area contributed by atoms with Gasteiger partial charge < -0.3 is 10.5 Å². The van der Waals surface area contributed by atoms with Gasteiger partial charge in [-0.3, -0.25) is 14.6 Å². The summed E-state index contributed by atoms with van der Waals surface area (Å²) in [6, 6.07) is 7.44. The molecule has 2 aromatic carbocycles. The van der Waals surface area contributed by atoms with Crippen LogP contribution in [0.3, 0.4) is 0 Å². The maximum Gasteiger partial charge on any atom is 0.417 e. The summed E-state index contributed by atoms with van der Waals surface area (Å²) in [6.07, 6.45) is -3.98. The molecule has 0 spiro atoms. The minimum Gasteiger partial charge on any atom is -0.465 e. The van der Waals surface area contributed by atoms with Gasteiger partial charge in [-0.05, 0) is 42.0 Å². The van der Waals surface area contributed by atoms with Crippen molar-refractivity contribution in [2.75, 3.05) is 7.11 Å². The number of nitrogens with zero attached hydrogens (tertiary/aromatic N) is 3. The highest BCUT2D eigenvalue weighted by atomic mass is 35.5. The van der Waals surface area contributed by atoms with Crippen molar-refractivity contribution in [3.63, 3.8) is 0 Å². The highest BCUT2D eigenvalue weighted by molar-refractivity contribution is 6.34. The third-order valence-electron chi connectivity index (χ3n) is 5.33. The van der Waals surface area contributed by atoms with Gasteiger partial charge in [0.2, 0.25) is 5.91 Å². The zero-order valence-electron chi connectivity index (χ0n) is 18.8. The van der Waals surface area contributed by atoms with Crippen LogP contribution in [0.4, 0.5) is 17.6 Å². The summed E-state index contributed by atoms with van der Waals surface area (Å²) in [6.45, 7) is 0. The summed E-state index contributed by atoms with van der Waals surface area (Å²) in [7, 11) is 1.12. The van der Waals surface area contributed by atoms with Gasteiger partial charge in [0.25, 0.3) is 5.91 Å². The Kier molecular flexibility index (Phi) is 6.70. The van der Waals surface area contributed by atoms with E-state index in [0.717, 1.165) is 25.3 Å². The summed E-state index contributed by atoms with van der Waals surface area (Å²) in [5.74, 6) is -3.73. The van der Waals surface area contributed by atoms with Gasteiger partial charge in [-0.25, -0.2) is 9.18 Å². The Morgan fingerprint density at radius 3 is 2.49 bits per heavy atom. The highest BCUT2D eigenvalue weighted by Gasteiger charge is 2.37. The van der Waals surface area contributed by atoms with Crippen molar-refractivity contribution in [1.29, 1.82) is 0 Å². The molecule has 2 aromatic heterocycles. The number of halogens is 5. The van der Waals surface area contributed by atoms with Gasteiger partial charge in [-0.2, -0.15) is 23.0 Å². The monoisotopic (exact) mass is 534 g/mol. The predicted octanol–water partition coefficient (Wildman–Crippen LogP) is 4.41. The fourth-order valence-electron chi connectivity index (χ4n) is 3.71. The van der Waals surface area contributed by atoms with Crippen molar-refractivity contribution in [2.45, 2.75) is 12.6 Å². The SMILES string of the molecule is COC(=O)c1ccc(-c2nn(C(=O)c3c(Cl)cccc3C(F)(F)F)c3cc(CC(N)=O)cnc23)c(F)c1. The van der Waals surface area contributed by atoms with Gasteiger partial charge in [-0.1, -0.05) is 17.7 Å². The zero-order chi connectivity index (χ0) is 27.1. The molecule has 4 aromatic rings. The normalized spacial score (nSPS) is 11.5. The third kappa shape index (κ3) is 4.87. The Morgan fingerprint density at radius 2 is 1.86 bits per heavy atom. The first kappa shape index (κ1) is 25.8. The largest absolute Gasteiger partial charge is 0.465 e. The number of benzene rings is 2. The van der Waals surface area contributed by atoms with Gasteiger partial charge in [0.1, 0.15) is 17.0 Å². The van der Waals surface area contributed by atoms with Crippen LogP contribution >= 0.6 is 11.6 Å². The number of primary amides is 1. The smallest absolute Gasteiger partial charge is 0.417 e. The lowest BCUT2D eigenvalue weighted by Gasteiger charge is -2.13. The van der Waals surface area contributed by atoms with Gasteiger partial charge >= 0.3 is 12.1 Å². The summed E-state index contributed by atoms with van der Waals surface area (Å²) >= 11 is 6.00. The summed E-state index contributed by atoms with van der Waals surface area (Å²) in [5.41, 5.74) is 2.58. The molecule has 0 unspecified atom stereocenters. The fourth-order valence-corrected chi connectivity index (χ4v) is 3.97. The van der Waals surface area contributed by atoms with E-state index in [4.69, 9.17) is 17.3 Å². The Hall–Kier alpha value is -4.32. The van der Waals surface area contributed by atoms with Gasteiger partial charge in [0, 0.05) is 11.8 Å². The van der Waals surface area contributed by atoms with Crippen LogP contribution in [0, 0.1) is 5.82 Å². The van der Waals surface area contributed by atoms with Crippen molar-refractivity contribution in [3.8, 4) is 11.3 Å². The molecule has 0 atom stereocenters. The summed E-state index contributed by atoms with van der Waals surface area (Å²) < 4.78 is 61.3. The van der Waals surface area contributed by atoms with E-state index in [1.54, 1.807) is 0 Å². The van der Waals surface area contributed by atoms with Crippen molar-refractivity contribution in [1.82, 2.24) is 14.8 Å². The first-order valence-electron chi connectivity index (χ1n) is 10.4. The van der Waals surface area contributed by atoms with E-state index in [2.05, 4.69) is 14.8 Å². The molecule has 37 heavy (non-hydrogen) atoms. The first-order chi connectivity index (χ1) is 17.4. The van der Waals surface area contributed by atoms with E-state index in [1.165, 1.54) is 24.4 Å². The molecule has 13 heteroatoms. The Bertz CT molecular complexity index is 1580. The number of hydrogen-bond acceptors (Lipinski definition) is 6. The molecule has 4 rings (SSSR count). The van der Waals surface area contributed by atoms with Crippen molar-refractivity contribution < 1.29 is 36.7 Å². The van der Waals surface area contributed by atoms with E-state index < -0.39 is 45.9 Å². The average Bonchev–Trinajstić information content (AvgIpc) is 3.20. The number of fused-ring (bicyclic) bond motifs is 1. The van der Waals surface area contributed by atoms with Crippen LogP contribution in [-0.4, -0.2) is 39.7 Å². The number of amides is 1. The van der Waals surface area contributed by atoms with E-state index in [9.17, 15) is 27.6 Å². The van der Waals surface area contributed by atoms with Crippen molar-refractivity contribution >= 4 is 40.4 Å². The second kappa shape index (κ2) is 9.62. The molecule has 190 valence electrons. The average molecular weight is 535 g/mol. The number of carbonyl (C=O) groups excluding carboxylic acids is 3. The van der Waals surface area contributed by atoms with Crippen LogP contribution < -0.4 is 5.73 Å². The number of alkyl halides is 3. The maximum atomic E-state index is 15.0. The molecule has 0 saturated carbocycles. The number of methoxy groups -OCH3 is 1. The molecule has 0 radical (unpaired) electrons. The van der Waals surface area contributed by atoms with Crippen LogP contribution in [0.5, 0.6) is 0 Å². The molecule has 0 aliphatic rings. The zero-order valence-corrected chi connectivity index (χ0v) is 19.5. The second-order valence-corrected chi connectivity index (χ2v) is 8.17. The topological polar surface area (TPSA) is 117 Å². The fraction of sp³-hybridized carbons (Fsp3) is 0.125. The molecule has 1 amide bonds. The molecule has 8 nitrogen and oxygen atoms in total. The Labute approximate surface area is 210 Å². The standard InChI is InChI=1S/C24H15ClF4N4O4/c1-37-23(36)12-5-6-13(16(26)9-12)20-21-17(7-11(10-31-21)8-18(30)34)33(32-20)22(35)19-14(24(27,28)29)3-2-4-15(19)25/h2-7,9-10H,8H2,1H3,(H2,30,34). The first-order valence-corrected chi connectivity index (χ1v) is 10.7. The molecular weight excluding hydrogens is 520 g/mol. The lowest BCUT2D eigenvalue weighted by atomic mass is 10.1. The molecule has 2 heterocycles. The number of carbonyl (C=O) groups is 3. The van der Waals surface area contributed by atoms with Crippen molar-refractivity contribution in [2.24, 2.45) is 5.73 Å². The number of rotatable bonds is 5. The van der Waals surface area contributed by atoms with E-state index in [-0.39, 0.29) is 39.8 Å². The van der Waals surface area contributed by atoms with E-state index in [0.29, 0.717) is 10.7 Å². The van der Waals surface area contributed by atoms with Gasteiger partial charge in [-0.15, -0.1) is 0 Å². The quantitative estimate of drug-likeness (QED) is 0.299. The summed E-state index contributed by atoms with van der Waals surface area (Å²) in [4.78, 5) is 40.7. The minimum atomic E-state index is -4.92. The van der Waals surface area contributed by atoms with Gasteiger partial charge in [0.15, 0.2) is 0 Å². The molecule has 2 N–H and O–H groups in total. The number of hydrogen-bond donors (Lipinski definition) is 1. The van der Waals surface area contributed by atoms with Crippen LogP contribution in [0.2, 0.25) is 5.02 Å². The lowest BCUT2D eigenvalue weighted by Crippen LogP contribution is -2.20. The second-order valence-electron chi connectivity index (χ2n) is 7.77. The lowest BCUT2D eigenvalue weighted by molar-refractivity contribution is -0.138. The number of esters is 1. The van der Waals surface area contributed by atoms with Crippen LogP contribution in [0.1, 0.15) is 31.8 Å². The molecule has 0 aliphatic carbocycles. The van der Waals surface area contributed by atoms with Crippen LogP contribution in [-0.2, 0) is 22.1 Å². The van der Waals surface area contributed by atoms with E-state index >= 15 is 4.39 Å². The highest BCUT2D eigenvalue weighted by Crippen LogP contribution is 2.37. The van der Waals surface area contributed by atoms with Gasteiger partial charge in [0.05, 0.1) is 40.8 Å². The molecule has 0 aliphatic heterocycles. The van der Waals surface area contributed by atoms with Crippen LogP contribution in [0.15, 0.2) is 48.7 Å². The predicted molar refractivity (Wildman–Crippen MR) is 123 cm³/mol. The van der Waals surface area contributed by atoms with E-state index in [1.807, 2.05) is 0 Å². The number of ether oxygens (including phenoxy) is 1. The molecule has 0 saturated heterocycles. The molecule has 0 bridgehead atoms. The van der Waals surface area contributed by atoms with Crippen LogP contribution in [0.25, 0.3) is 22.3 Å².